The number of aliphatic hydroxyl groups is 11. The first-order valence-corrected chi connectivity index (χ1v) is 12.1. The van der Waals surface area contributed by atoms with Crippen LogP contribution in [0.25, 0.3) is 0 Å². The van der Waals surface area contributed by atoms with Gasteiger partial charge in [-0.3, -0.25) is 15.3 Å². The van der Waals surface area contributed by atoms with E-state index in [9.17, 15) is 65.8 Å². The van der Waals surface area contributed by atoms with Gasteiger partial charge in [0.1, 0.15) is 61.0 Å². The molecule has 40 heavy (non-hydrogen) atoms. The summed E-state index contributed by atoms with van der Waals surface area (Å²) in [6.07, 6.45) is -22.7. The monoisotopic (exact) mass is 590 g/mol. The van der Waals surface area contributed by atoms with Crippen molar-refractivity contribution >= 4 is 11.7 Å². The van der Waals surface area contributed by atoms with Gasteiger partial charge in [0.15, 0.2) is 23.9 Å². The number of ketones is 1. The van der Waals surface area contributed by atoms with Gasteiger partial charge in [-0.05, 0) is 6.42 Å². The molecule has 1 amide bonds. The molecule has 0 spiro atoms. The van der Waals surface area contributed by atoms with Crippen LogP contribution >= 0.6 is 0 Å². The molecule has 2 fully saturated rings. The number of ether oxygens (including phenoxy) is 4. The van der Waals surface area contributed by atoms with Crippen LogP contribution < -0.4 is 11.5 Å². The number of amides is 1. The quantitative estimate of drug-likeness (QED) is 0.0699. The summed E-state index contributed by atoms with van der Waals surface area (Å²) >= 11 is 0. The molecule has 2 aliphatic heterocycles. The largest absolute Gasteiger partial charge is 0.394 e. The Kier molecular flexibility index (Phi) is 11.8. The van der Waals surface area contributed by atoms with Gasteiger partial charge in [-0.15, -0.1) is 0 Å². The molecular weight excluding hydrogens is 552 g/mol. The number of Topliss-reactive ketones (excluding diaryl/α,β-unsaturated/α-hetero) is 1. The number of carbonyl (C=O) groups excluding carboxylic acids is 2. The normalized spacial score (nSPS) is 39.5. The van der Waals surface area contributed by atoms with Crippen LogP contribution in [-0.4, -0.2) is 173 Å². The summed E-state index contributed by atoms with van der Waals surface area (Å²) in [6.45, 7) is -1.33. The first kappa shape index (κ1) is 34.7. The summed E-state index contributed by atoms with van der Waals surface area (Å²) in [4.78, 5) is 23.3. The number of hydrogen-bond donors (Lipinski definition) is 13. The smallest absolute Gasteiger partial charge is 0.288 e. The van der Waals surface area contributed by atoms with Gasteiger partial charge >= 0.3 is 0 Å². The number of carbonyl (C=O) groups is 2. The second kappa shape index (κ2) is 13.6. The van der Waals surface area contributed by atoms with E-state index in [2.05, 4.69) is 0 Å². The Labute approximate surface area is 226 Å². The van der Waals surface area contributed by atoms with Crippen molar-refractivity contribution in [1.29, 1.82) is 0 Å². The number of rotatable bonds is 13. The van der Waals surface area contributed by atoms with Gasteiger partial charge in [-0.25, -0.2) is 0 Å². The predicted octanol–water partition coefficient (Wildman–Crippen LogP) is -8.81. The third-order valence-corrected chi connectivity index (χ3v) is 6.96. The number of nitrogens with two attached hydrogens (primary N) is 2. The Bertz CT molecular complexity index is 863. The standard InChI is InChI=1S/C21H38N2O17/c1-2-20(35,16(33)17(22)34)21(23,36)15(32)6(25)4-37-18-14(31)12(29)10(27)8(40-18)5-38-19-13(30)11(28)9(26)7(3-24)39-19/h6-15,18-19,24-32,35-36H,2-5,23H2,1H3,(H2,22,34)/t6-,7-,8-,9-,10-,11+,12+,13-,14-,15-,18+,19+,20+,21+/m1/s1. The zero-order valence-corrected chi connectivity index (χ0v) is 21.3. The Morgan fingerprint density at radius 1 is 0.850 bits per heavy atom. The van der Waals surface area contributed by atoms with Gasteiger partial charge in [0.25, 0.3) is 11.7 Å². The molecule has 0 aromatic rings. The molecule has 19 heteroatoms. The lowest BCUT2D eigenvalue weighted by atomic mass is 9.79. The zero-order chi connectivity index (χ0) is 30.7. The summed E-state index contributed by atoms with van der Waals surface area (Å²) in [7, 11) is 0. The molecule has 0 aliphatic carbocycles. The van der Waals surface area contributed by atoms with E-state index >= 15 is 0 Å². The number of aliphatic hydroxyl groups excluding tert-OH is 9. The SMILES string of the molecule is CC[C@](O)(C(=O)C(N)=O)[C@@](N)(O)[C@H](O)[C@H](O)CO[C@H]1O[C@H](CO[C@H]2O[C@H](CO)[C@@H](O)[C@H](O)[C@H]2O)[C@@H](O)[C@H](O)[C@H]1O. The van der Waals surface area contributed by atoms with E-state index < -0.39 is 123 Å². The average molecular weight is 591 g/mol. The molecule has 234 valence electrons. The maximum Gasteiger partial charge on any atom is 0.288 e. The van der Waals surface area contributed by atoms with Crippen LogP contribution in [0.3, 0.4) is 0 Å². The molecule has 15 N–H and O–H groups in total. The summed E-state index contributed by atoms with van der Waals surface area (Å²) < 4.78 is 20.9. The molecule has 2 rings (SSSR count). The van der Waals surface area contributed by atoms with E-state index in [1.807, 2.05) is 0 Å². The third-order valence-electron chi connectivity index (χ3n) is 6.96. The number of hydrogen-bond acceptors (Lipinski definition) is 18. The van der Waals surface area contributed by atoms with Gasteiger partial charge < -0.3 is 80.9 Å². The van der Waals surface area contributed by atoms with E-state index in [1.165, 1.54) is 0 Å². The highest BCUT2D eigenvalue weighted by Gasteiger charge is 2.58. The van der Waals surface area contributed by atoms with E-state index in [4.69, 9.17) is 30.4 Å². The Morgan fingerprint density at radius 2 is 1.32 bits per heavy atom. The lowest BCUT2D eigenvalue weighted by Crippen LogP contribution is -2.74. The van der Waals surface area contributed by atoms with Crippen LogP contribution in [0.15, 0.2) is 0 Å². The van der Waals surface area contributed by atoms with Crippen molar-refractivity contribution < 1.29 is 84.7 Å². The molecule has 0 saturated carbocycles. The molecule has 2 heterocycles. The topological polar surface area (TPSA) is 346 Å². The second-order valence-corrected chi connectivity index (χ2v) is 9.62. The van der Waals surface area contributed by atoms with Crippen LogP contribution in [-0.2, 0) is 28.5 Å². The maximum absolute atomic E-state index is 12.0. The van der Waals surface area contributed by atoms with Gasteiger partial charge in [-0.2, -0.15) is 0 Å². The van der Waals surface area contributed by atoms with Crippen molar-refractivity contribution in [2.24, 2.45) is 11.5 Å². The highest BCUT2D eigenvalue weighted by molar-refractivity contribution is 6.39. The highest BCUT2D eigenvalue weighted by Crippen LogP contribution is 2.29. The third kappa shape index (κ3) is 6.76. The molecule has 0 aromatic heterocycles. The van der Waals surface area contributed by atoms with E-state index in [0.29, 0.717) is 0 Å². The Balaban J connectivity index is 2.06. The van der Waals surface area contributed by atoms with Gasteiger partial charge in [0, 0.05) is 0 Å². The van der Waals surface area contributed by atoms with Crippen molar-refractivity contribution in [3.63, 3.8) is 0 Å². The lowest BCUT2D eigenvalue weighted by molar-refractivity contribution is -0.333. The van der Waals surface area contributed by atoms with Crippen molar-refractivity contribution in [1.82, 2.24) is 0 Å². The fourth-order valence-electron chi connectivity index (χ4n) is 4.24. The summed E-state index contributed by atoms with van der Waals surface area (Å²) in [5, 5.41) is 111. The van der Waals surface area contributed by atoms with E-state index in [-0.39, 0.29) is 0 Å². The van der Waals surface area contributed by atoms with Crippen LogP contribution in [0.4, 0.5) is 0 Å². The Morgan fingerprint density at radius 3 is 1.80 bits per heavy atom. The lowest BCUT2D eigenvalue weighted by Gasteiger charge is -2.44. The van der Waals surface area contributed by atoms with Gasteiger partial charge in [-0.1, -0.05) is 6.92 Å². The van der Waals surface area contributed by atoms with Crippen molar-refractivity contribution in [3.05, 3.63) is 0 Å². The molecule has 0 aromatic carbocycles. The predicted molar refractivity (Wildman–Crippen MR) is 123 cm³/mol. The minimum absolute atomic E-state index is 0.681. The maximum atomic E-state index is 12.0. The molecule has 2 aliphatic rings. The minimum Gasteiger partial charge on any atom is -0.394 e. The summed E-state index contributed by atoms with van der Waals surface area (Å²) in [5.74, 6) is -3.44. The first-order chi connectivity index (χ1) is 18.5. The van der Waals surface area contributed by atoms with Crippen LogP contribution in [0.5, 0.6) is 0 Å². The summed E-state index contributed by atoms with van der Waals surface area (Å²) in [5.41, 5.74) is 3.90. The molecule has 0 radical (unpaired) electrons. The van der Waals surface area contributed by atoms with Crippen LogP contribution in [0.2, 0.25) is 0 Å². The molecule has 0 unspecified atom stereocenters. The molecule has 0 bridgehead atoms. The van der Waals surface area contributed by atoms with Crippen molar-refractivity contribution in [2.75, 3.05) is 19.8 Å². The number of primary amides is 1. The van der Waals surface area contributed by atoms with E-state index in [0.717, 1.165) is 6.92 Å². The zero-order valence-electron chi connectivity index (χ0n) is 21.3. The average Bonchev–Trinajstić information content (AvgIpc) is 2.92. The first-order valence-electron chi connectivity index (χ1n) is 12.1. The second-order valence-electron chi connectivity index (χ2n) is 9.62. The van der Waals surface area contributed by atoms with Crippen LogP contribution in [0, 0.1) is 0 Å². The molecular formula is C21H38N2O17. The van der Waals surface area contributed by atoms with Gasteiger partial charge in [0.05, 0.1) is 19.8 Å². The fourth-order valence-corrected chi connectivity index (χ4v) is 4.24. The van der Waals surface area contributed by atoms with Crippen LogP contribution in [0.1, 0.15) is 13.3 Å². The molecule has 14 atom stereocenters. The summed E-state index contributed by atoms with van der Waals surface area (Å²) in [6, 6.07) is 0. The Hall–Kier alpha value is -1.50. The van der Waals surface area contributed by atoms with Crippen molar-refractivity contribution in [3.8, 4) is 0 Å². The van der Waals surface area contributed by atoms with Gasteiger partial charge in [0.2, 0.25) is 0 Å². The van der Waals surface area contributed by atoms with E-state index in [1.54, 1.807) is 0 Å². The van der Waals surface area contributed by atoms with Crippen molar-refractivity contribution in [2.45, 2.75) is 98.3 Å². The molecule has 2 saturated heterocycles. The minimum atomic E-state index is -3.33. The molecule has 19 nitrogen and oxygen atoms in total. The highest BCUT2D eigenvalue weighted by atomic mass is 16.7. The fraction of sp³-hybridized carbons (Fsp3) is 0.905.